The predicted molar refractivity (Wildman–Crippen MR) is 76.0 cm³/mol. The molecule has 0 aromatic carbocycles. The Morgan fingerprint density at radius 3 is 2.79 bits per heavy atom. The van der Waals surface area contributed by atoms with E-state index in [1.807, 2.05) is 0 Å². The number of piperidine rings is 1. The molecule has 4 nitrogen and oxygen atoms in total. The molecule has 0 bridgehead atoms. The van der Waals surface area contributed by atoms with Crippen LogP contribution in [0, 0.1) is 5.41 Å². The van der Waals surface area contributed by atoms with E-state index in [0.717, 1.165) is 19.4 Å². The highest BCUT2D eigenvalue weighted by Crippen LogP contribution is 2.42. The molecule has 110 valence electrons. The number of rotatable bonds is 5. The largest absolute Gasteiger partial charge is 0.381 e. The van der Waals surface area contributed by atoms with Gasteiger partial charge in [0.25, 0.3) is 0 Å². The monoisotopic (exact) mass is 268 g/mol. The SMILES string of the molecule is COC1CC(NC(=O)CCC2CCCCN2)C1(C)C. The van der Waals surface area contributed by atoms with Gasteiger partial charge in [0, 0.05) is 31.0 Å². The Labute approximate surface area is 116 Å². The lowest BCUT2D eigenvalue weighted by atomic mass is 9.64. The molecule has 1 amide bonds. The average Bonchev–Trinajstić information content (AvgIpc) is 2.42. The van der Waals surface area contributed by atoms with Crippen LogP contribution < -0.4 is 10.6 Å². The molecular formula is C15H28N2O2. The van der Waals surface area contributed by atoms with Gasteiger partial charge in [0.2, 0.25) is 5.91 Å². The maximum Gasteiger partial charge on any atom is 0.220 e. The number of hydrogen-bond donors (Lipinski definition) is 2. The maximum atomic E-state index is 12.0. The normalized spacial score (nSPS) is 33.5. The summed E-state index contributed by atoms with van der Waals surface area (Å²) in [6, 6.07) is 0.810. The second-order valence-electron chi connectivity index (χ2n) is 6.59. The number of carbonyl (C=O) groups is 1. The Balaban J connectivity index is 1.67. The fourth-order valence-electron chi connectivity index (χ4n) is 3.27. The molecule has 4 heteroatoms. The van der Waals surface area contributed by atoms with Crippen molar-refractivity contribution in [2.45, 2.75) is 70.6 Å². The Morgan fingerprint density at radius 1 is 1.42 bits per heavy atom. The first-order valence-corrected chi connectivity index (χ1v) is 7.59. The van der Waals surface area contributed by atoms with E-state index in [1.54, 1.807) is 7.11 Å². The zero-order valence-corrected chi connectivity index (χ0v) is 12.5. The minimum Gasteiger partial charge on any atom is -0.381 e. The summed E-state index contributed by atoms with van der Waals surface area (Å²) in [7, 11) is 1.75. The molecule has 1 saturated carbocycles. The van der Waals surface area contributed by atoms with Gasteiger partial charge in [-0.05, 0) is 32.2 Å². The van der Waals surface area contributed by atoms with Crippen molar-refractivity contribution in [3.63, 3.8) is 0 Å². The first-order chi connectivity index (χ1) is 9.04. The Bertz CT molecular complexity index is 311. The van der Waals surface area contributed by atoms with E-state index < -0.39 is 0 Å². The van der Waals surface area contributed by atoms with Crippen molar-refractivity contribution >= 4 is 5.91 Å². The van der Waals surface area contributed by atoms with Gasteiger partial charge in [-0.15, -0.1) is 0 Å². The quantitative estimate of drug-likeness (QED) is 0.800. The maximum absolute atomic E-state index is 12.0. The molecular weight excluding hydrogens is 240 g/mol. The predicted octanol–water partition coefficient (Wildman–Crippen LogP) is 1.84. The molecule has 2 N–H and O–H groups in total. The molecule has 0 radical (unpaired) electrons. The summed E-state index contributed by atoms with van der Waals surface area (Å²) in [5.74, 6) is 0.194. The third-order valence-corrected chi connectivity index (χ3v) is 4.93. The molecule has 1 heterocycles. The summed E-state index contributed by atoms with van der Waals surface area (Å²) in [6.07, 6.45) is 6.61. The number of methoxy groups -OCH3 is 1. The highest BCUT2D eigenvalue weighted by atomic mass is 16.5. The van der Waals surface area contributed by atoms with E-state index in [9.17, 15) is 4.79 Å². The lowest BCUT2D eigenvalue weighted by molar-refractivity contribution is -0.132. The molecule has 2 rings (SSSR count). The fourth-order valence-corrected chi connectivity index (χ4v) is 3.27. The van der Waals surface area contributed by atoms with Crippen molar-refractivity contribution in [3.8, 4) is 0 Å². The van der Waals surface area contributed by atoms with Gasteiger partial charge in [-0.1, -0.05) is 20.3 Å². The van der Waals surface area contributed by atoms with Crippen LogP contribution in [0.4, 0.5) is 0 Å². The van der Waals surface area contributed by atoms with Crippen molar-refractivity contribution in [2.24, 2.45) is 5.41 Å². The zero-order chi connectivity index (χ0) is 13.9. The van der Waals surface area contributed by atoms with Crippen molar-refractivity contribution in [3.05, 3.63) is 0 Å². The minimum absolute atomic E-state index is 0.0630. The van der Waals surface area contributed by atoms with Crippen molar-refractivity contribution in [1.82, 2.24) is 10.6 Å². The molecule has 1 saturated heterocycles. The van der Waals surface area contributed by atoms with Gasteiger partial charge in [0.1, 0.15) is 0 Å². The summed E-state index contributed by atoms with van der Waals surface area (Å²) >= 11 is 0. The third-order valence-electron chi connectivity index (χ3n) is 4.93. The number of amides is 1. The van der Waals surface area contributed by atoms with E-state index in [2.05, 4.69) is 24.5 Å². The summed E-state index contributed by atoms with van der Waals surface area (Å²) in [6.45, 7) is 5.44. The Morgan fingerprint density at radius 2 is 2.21 bits per heavy atom. The minimum atomic E-state index is 0.0630. The summed E-state index contributed by atoms with van der Waals surface area (Å²) in [5, 5.41) is 6.65. The van der Waals surface area contributed by atoms with Gasteiger partial charge in [-0.2, -0.15) is 0 Å². The van der Waals surface area contributed by atoms with Crippen LogP contribution in [0.25, 0.3) is 0 Å². The molecule has 2 aliphatic rings. The van der Waals surface area contributed by atoms with Crippen molar-refractivity contribution in [2.75, 3.05) is 13.7 Å². The highest BCUT2D eigenvalue weighted by Gasteiger charge is 2.49. The standard InChI is InChI=1S/C15H28N2O2/c1-15(2)12(10-13(15)19-3)17-14(18)8-7-11-6-4-5-9-16-11/h11-13,16H,4-10H2,1-3H3,(H,17,18). The summed E-state index contributed by atoms with van der Waals surface area (Å²) < 4.78 is 5.41. The van der Waals surface area contributed by atoms with Crippen molar-refractivity contribution < 1.29 is 9.53 Å². The first-order valence-electron chi connectivity index (χ1n) is 7.59. The van der Waals surface area contributed by atoms with Gasteiger partial charge >= 0.3 is 0 Å². The Hall–Kier alpha value is -0.610. The van der Waals surface area contributed by atoms with Crippen LogP contribution in [0.5, 0.6) is 0 Å². The summed E-state index contributed by atoms with van der Waals surface area (Å²) in [5.41, 5.74) is 0.0630. The van der Waals surface area contributed by atoms with E-state index in [0.29, 0.717) is 12.5 Å². The van der Waals surface area contributed by atoms with Gasteiger partial charge in [-0.25, -0.2) is 0 Å². The fraction of sp³-hybridized carbons (Fsp3) is 0.933. The number of hydrogen-bond acceptors (Lipinski definition) is 3. The number of ether oxygens (including phenoxy) is 1. The van der Waals surface area contributed by atoms with E-state index in [4.69, 9.17) is 4.74 Å². The lowest BCUT2D eigenvalue weighted by Crippen LogP contribution is -2.61. The molecule has 0 aromatic rings. The highest BCUT2D eigenvalue weighted by molar-refractivity contribution is 5.76. The molecule has 19 heavy (non-hydrogen) atoms. The lowest BCUT2D eigenvalue weighted by Gasteiger charge is -2.51. The Kier molecular flexibility index (Phi) is 4.85. The van der Waals surface area contributed by atoms with Crippen LogP contribution in [0.2, 0.25) is 0 Å². The number of nitrogens with one attached hydrogen (secondary N) is 2. The first kappa shape index (κ1) is 14.8. The molecule has 0 aromatic heterocycles. The van der Waals surface area contributed by atoms with Crippen LogP contribution in [-0.4, -0.2) is 37.7 Å². The van der Waals surface area contributed by atoms with Crippen LogP contribution in [0.1, 0.15) is 52.4 Å². The van der Waals surface area contributed by atoms with Gasteiger partial charge < -0.3 is 15.4 Å². The van der Waals surface area contributed by atoms with E-state index >= 15 is 0 Å². The second-order valence-corrected chi connectivity index (χ2v) is 6.59. The van der Waals surface area contributed by atoms with E-state index in [1.165, 1.54) is 19.3 Å². The van der Waals surface area contributed by atoms with Crippen LogP contribution >= 0.6 is 0 Å². The molecule has 3 unspecified atom stereocenters. The summed E-state index contributed by atoms with van der Waals surface area (Å²) in [4.78, 5) is 12.0. The van der Waals surface area contributed by atoms with Gasteiger partial charge in [0.15, 0.2) is 0 Å². The number of carbonyl (C=O) groups excluding carboxylic acids is 1. The second kappa shape index (κ2) is 6.23. The van der Waals surface area contributed by atoms with Crippen LogP contribution in [-0.2, 0) is 9.53 Å². The third kappa shape index (κ3) is 3.48. The molecule has 2 fully saturated rings. The van der Waals surface area contributed by atoms with Gasteiger partial charge in [-0.3, -0.25) is 4.79 Å². The average molecular weight is 268 g/mol. The molecule has 1 aliphatic heterocycles. The smallest absolute Gasteiger partial charge is 0.220 e. The zero-order valence-electron chi connectivity index (χ0n) is 12.5. The molecule has 1 aliphatic carbocycles. The van der Waals surface area contributed by atoms with E-state index in [-0.39, 0.29) is 23.5 Å². The molecule has 0 spiro atoms. The van der Waals surface area contributed by atoms with Crippen LogP contribution in [0.15, 0.2) is 0 Å². The molecule has 3 atom stereocenters. The van der Waals surface area contributed by atoms with Crippen molar-refractivity contribution in [1.29, 1.82) is 0 Å². The topological polar surface area (TPSA) is 50.4 Å². The van der Waals surface area contributed by atoms with Gasteiger partial charge in [0.05, 0.1) is 6.10 Å². The van der Waals surface area contributed by atoms with Crippen LogP contribution in [0.3, 0.4) is 0 Å².